The summed E-state index contributed by atoms with van der Waals surface area (Å²) in [5, 5.41) is 5.62. The molecule has 9 nitrogen and oxygen atoms in total. The zero-order valence-corrected chi connectivity index (χ0v) is 17.3. The van der Waals surface area contributed by atoms with E-state index in [0.717, 1.165) is 22.3 Å². The summed E-state index contributed by atoms with van der Waals surface area (Å²) in [6.07, 6.45) is 4.50. The fraction of sp³-hybridized carbons (Fsp3) is 0.353. The van der Waals surface area contributed by atoms with Crippen LogP contribution in [0.25, 0.3) is 16.5 Å². The van der Waals surface area contributed by atoms with Crippen LogP contribution in [0, 0.1) is 0 Å². The van der Waals surface area contributed by atoms with E-state index in [-0.39, 0.29) is 23.2 Å². The molecule has 1 amide bonds. The molecule has 0 saturated heterocycles. The minimum Gasteiger partial charge on any atom is -0.387 e. The summed E-state index contributed by atoms with van der Waals surface area (Å²) < 4.78 is 32.2. The third-order valence-corrected chi connectivity index (χ3v) is 6.41. The van der Waals surface area contributed by atoms with Crippen LogP contribution in [0.1, 0.15) is 13.8 Å². The van der Waals surface area contributed by atoms with E-state index in [1.54, 1.807) is 34.0 Å². The number of carbonyl (C=O) groups is 1. The third-order valence-electron chi connectivity index (χ3n) is 4.20. The van der Waals surface area contributed by atoms with Gasteiger partial charge in [-0.1, -0.05) is 0 Å². The topological polar surface area (TPSA) is 107 Å². The van der Waals surface area contributed by atoms with Crippen LogP contribution in [-0.2, 0) is 21.2 Å². The minimum absolute atomic E-state index is 0.0269. The number of sulfone groups is 1. The van der Waals surface area contributed by atoms with Crippen LogP contribution >= 0.6 is 11.3 Å². The Kier molecular flexibility index (Phi) is 5.57. The molecule has 0 radical (unpaired) electrons. The summed E-state index contributed by atoms with van der Waals surface area (Å²) in [7, 11) is -3.51. The van der Waals surface area contributed by atoms with Gasteiger partial charge >= 0.3 is 5.76 Å². The average Bonchev–Trinajstić information content (AvgIpc) is 3.34. The Morgan fingerprint density at radius 2 is 1.89 bits per heavy atom. The molecule has 0 fully saturated rings. The lowest BCUT2D eigenvalue weighted by Gasteiger charge is -2.17. The van der Waals surface area contributed by atoms with Crippen molar-refractivity contribution in [1.82, 2.24) is 19.2 Å². The Balaban J connectivity index is 2.05. The lowest BCUT2D eigenvalue weighted by atomic mass is 10.4. The van der Waals surface area contributed by atoms with Gasteiger partial charge in [-0.05, 0) is 26.0 Å². The Morgan fingerprint density at radius 1 is 1.25 bits per heavy atom. The molecule has 0 aliphatic carbocycles. The fourth-order valence-corrected chi connectivity index (χ4v) is 5.09. The largest absolute Gasteiger partial charge is 0.437 e. The van der Waals surface area contributed by atoms with E-state index in [2.05, 4.69) is 5.10 Å². The first-order valence-electron chi connectivity index (χ1n) is 8.57. The highest BCUT2D eigenvalue weighted by molar-refractivity contribution is 7.91. The summed E-state index contributed by atoms with van der Waals surface area (Å²) >= 11 is 1.11. The molecule has 3 heterocycles. The molecular weight excluding hydrogens is 404 g/mol. The molecule has 0 atom stereocenters. The lowest BCUT2D eigenvalue weighted by Crippen LogP contribution is -2.35. The molecule has 0 aliphatic rings. The monoisotopic (exact) mass is 424 g/mol. The number of thiophene rings is 1. The van der Waals surface area contributed by atoms with Gasteiger partial charge in [-0.2, -0.15) is 4.68 Å². The molecule has 0 bridgehead atoms. The quantitative estimate of drug-likeness (QED) is 0.570. The highest BCUT2D eigenvalue weighted by Gasteiger charge is 2.25. The molecule has 3 rings (SSSR count). The highest BCUT2D eigenvalue weighted by atomic mass is 32.2. The van der Waals surface area contributed by atoms with Crippen LogP contribution in [0.5, 0.6) is 0 Å². The predicted octanol–water partition coefficient (Wildman–Crippen LogP) is 1.63. The van der Waals surface area contributed by atoms with Crippen molar-refractivity contribution in [3.05, 3.63) is 40.5 Å². The van der Waals surface area contributed by atoms with Crippen molar-refractivity contribution < 1.29 is 17.6 Å². The van der Waals surface area contributed by atoms with Crippen molar-refractivity contribution in [2.75, 3.05) is 19.3 Å². The second-order valence-corrected chi connectivity index (χ2v) is 8.90. The molecule has 28 heavy (non-hydrogen) atoms. The first kappa shape index (κ1) is 20.1. The Labute approximate surface area is 165 Å². The average molecular weight is 425 g/mol. The van der Waals surface area contributed by atoms with Crippen molar-refractivity contribution in [2.24, 2.45) is 0 Å². The van der Waals surface area contributed by atoms with Gasteiger partial charge in [-0.25, -0.2) is 13.2 Å². The number of hydrogen-bond acceptors (Lipinski definition) is 7. The molecule has 0 saturated carbocycles. The van der Waals surface area contributed by atoms with Gasteiger partial charge in [-0.3, -0.25) is 4.79 Å². The van der Waals surface area contributed by atoms with Crippen LogP contribution in [-0.4, -0.2) is 52.9 Å². The Bertz CT molecular complexity index is 1130. The summed E-state index contributed by atoms with van der Waals surface area (Å²) in [5.41, 5.74) is 0.362. The van der Waals surface area contributed by atoms with Gasteiger partial charge in [0, 0.05) is 37.1 Å². The van der Waals surface area contributed by atoms with Gasteiger partial charge in [0.05, 0.1) is 5.69 Å². The summed E-state index contributed by atoms with van der Waals surface area (Å²) in [6, 6.07) is 3.51. The van der Waals surface area contributed by atoms with Crippen molar-refractivity contribution in [3.8, 4) is 16.5 Å². The molecule has 3 aromatic rings. The summed E-state index contributed by atoms with van der Waals surface area (Å²) in [6.45, 7) is 4.50. The number of hydrogen-bond donors (Lipinski definition) is 0. The van der Waals surface area contributed by atoms with E-state index in [9.17, 15) is 18.0 Å². The van der Waals surface area contributed by atoms with E-state index in [4.69, 9.17) is 4.42 Å². The van der Waals surface area contributed by atoms with E-state index in [0.29, 0.717) is 23.7 Å². The second-order valence-electron chi connectivity index (χ2n) is 6.04. The van der Waals surface area contributed by atoms with Gasteiger partial charge in [0.1, 0.15) is 16.3 Å². The standard InChI is InChI=1S/C17H20N4O5S2/c1-4-19(5-2)13(22)10-21-17(23)26-16(18-21)15-14(20-8-6-7-9-20)12(11-27-15)28(3,24)25/h6-9,11H,4-5,10H2,1-3H3. The highest BCUT2D eigenvalue weighted by Crippen LogP contribution is 2.37. The molecule has 3 aromatic heterocycles. The molecule has 0 N–H and O–H groups in total. The maximum absolute atomic E-state index is 12.3. The van der Waals surface area contributed by atoms with Gasteiger partial charge in [0.2, 0.25) is 5.91 Å². The first-order chi connectivity index (χ1) is 13.3. The molecule has 0 spiro atoms. The van der Waals surface area contributed by atoms with Gasteiger partial charge in [0.15, 0.2) is 9.84 Å². The zero-order valence-electron chi connectivity index (χ0n) is 15.7. The number of rotatable bonds is 7. The van der Waals surface area contributed by atoms with Gasteiger partial charge < -0.3 is 13.9 Å². The minimum atomic E-state index is -3.51. The Morgan fingerprint density at radius 3 is 2.46 bits per heavy atom. The molecule has 0 aromatic carbocycles. The number of amides is 1. The first-order valence-corrected chi connectivity index (χ1v) is 11.3. The van der Waals surface area contributed by atoms with Crippen LogP contribution in [0.4, 0.5) is 0 Å². The van der Waals surface area contributed by atoms with Crippen molar-refractivity contribution in [1.29, 1.82) is 0 Å². The van der Waals surface area contributed by atoms with Gasteiger partial charge in [-0.15, -0.1) is 16.4 Å². The lowest BCUT2D eigenvalue weighted by molar-refractivity contribution is -0.131. The maximum Gasteiger partial charge on any atom is 0.437 e. The van der Waals surface area contributed by atoms with Crippen molar-refractivity contribution in [2.45, 2.75) is 25.3 Å². The van der Waals surface area contributed by atoms with Crippen LogP contribution in [0.2, 0.25) is 0 Å². The van der Waals surface area contributed by atoms with E-state index >= 15 is 0 Å². The molecule has 0 unspecified atom stereocenters. The van der Waals surface area contributed by atoms with E-state index in [1.165, 1.54) is 5.38 Å². The maximum atomic E-state index is 12.3. The Hall–Kier alpha value is -2.66. The smallest absolute Gasteiger partial charge is 0.387 e. The van der Waals surface area contributed by atoms with E-state index in [1.807, 2.05) is 13.8 Å². The third kappa shape index (κ3) is 3.80. The molecular formula is C17H20N4O5S2. The van der Waals surface area contributed by atoms with Crippen molar-refractivity contribution in [3.63, 3.8) is 0 Å². The summed E-state index contributed by atoms with van der Waals surface area (Å²) in [4.78, 5) is 26.5. The predicted molar refractivity (Wildman–Crippen MR) is 104 cm³/mol. The van der Waals surface area contributed by atoms with Crippen LogP contribution in [0.3, 0.4) is 0 Å². The fourth-order valence-electron chi connectivity index (χ4n) is 2.78. The normalized spacial score (nSPS) is 11.7. The number of carbonyl (C=O) groups excluding carboxylic acids is 1. The van der Waals surface area contributed by atoms with E-state index < -0.39 is 15.6 Å². The zero-order chi connectivity index (χ0) is 20.5. The molecule has 11 heteroatoms. The molecule has 150 valence electrons. The van der Waals surface area contributed by atoms with Crippen LogP contribution in [0.15, 0.2) is 44.0 Å². The van der Waals surface area contributed by atoms with Crippen molar-refractivity contribution >= 4 is 27.1 Å². The van der Waals surface area contributed by atoms with Crippen LogP contribution < -0.4 is 5.76 Å². The number of aromatic nitrogens is 3. The number of nitrogens with zero attached hydrogens (tertiary/aromatic N) is 4. The van der Waals surface area contributed by atoms with Gasteiger partial charge in [0.25, 0.3) is 5.89 Å². The number of likely N-dealkylation sites (N-methyl/N-ethyl adjacent to an activating group) is 1. The SMILES string of the molecule is CCN(CC)C(=O)Cn1nc(-c2scc(S(C)(=O)=O)c2-n2cccc2)oc1=O. The second kappa shape index (κ2) is 7.76. The summed E-state index contributed by atoms with van der Waals surface area (Å²) in [5.74, 6) is -1.05. The molecule has 0 aliphatic heterocycles.